The van der Waals surface area contributed by atoms with E-state index >= 15 is 0 Å². The van der Waals surface area contributed by atoms with Crippen molar-refractivity contribution in [2.45, 2.75) is 18.9 Å². The maximum absolute atomic E-state index is 4.49. The first-order chi connectivity index (χ1) is 7.84. The van der Waals surface area contributed by atoms with Crippen LogP contribution >= 0.6 is 15.9 Å². The molecule has 0 radical (unpaired) electrons. The number of hydrogen-bond donors (Lipinski definition) is 1. The standard InChI is InChI=1S/C11H13BrN4/c12-11-5-8-6-15-16(10(8)7-14-11)9-1-3-13-4-2-9/h5-7,9,13H,1-4H2. The Kier molecular flexibility index (Phi) is 2.65. The summed E-state index contributed by atoms with van der Waals surface area (Å²) in [7, 11) is 0. The van der Waals surface area contributed by atoms with Crippen molar-refractivity contribution in [2.75, 3.05) is 13.1 Å². The van der Waals surface area contributed by atoms with E-state index in [0.717, 1.165) is 41.4 Å². The Bertz CT molecular complexity index is 502. The molecular formula is C11H13BrN4. The largest absolute Gasteiger partial charge is 0.317 e. The summed E-state index contributed by atoms with van der Waals surface area (Å²) in [5, 5.41) is 9.01. The first kappa shape index (κ1) is 10.2. The highest BCUT2D eigenvalue weighted by molar-refractivity contribution is 9.10. The molecule has 4 nitrogen and oxygen atoms in total. The molecule has 1 saturated heterocycles. The lowest BCUT2D eigenvalue weighted by atomic mass is 10.1. The van der Waals surface area contributed by atoms with Gasteiger partial charge in [0.1, 0.15) is 4.60 Å². The molecule has 1 N–H and O–H groups in total. The maximum atomic E-state index is 4.49. The van der Waals surface area contributed by atoms with Crippen LogP contribution in [0.2, 0.25) is 0 Å². The Morgan fingerprint density at radius 3 is 2.94 bits per heavy atom. The molecule has 0 bridgehead atoms. The van der Waals surface area contributed by atoms with E-state index in [1.807, 2.05) is 18.5 Å². The van der Waals surface area contributed by atoms with Crippen molar-refractivity contribution in [3.8, 4) is 0 Å². The number of aromatic nitrogens is 3. The molecule has 0 aromatic carbocycles. The predicted octanol–water partition coefficient (Wildman–Crippen LogP) is 2.12. The molecule has 84 valence electrons. The summed E-state index contributed by atoms with van der Waals surface area (Å²) in [6, 6.07) is 2.53. The number of nitrogens with one attached hydrogen (secondary N) is 1. The Labute approximate surface area is 102 Å². The Balaban J connectivity index is 2.03. The number of piperidine rings is 1. The normalized spacial score (nSPS) is 18.1. The van der Waals surface area contributed by atoms with Gasteiger partial charge in [-0.3, -0.25) is 4.68 Å². The molecule has 5 heteroatoms. The Morgan fingerprint density at radius 1 is 1.31 bits per heavy atom. The fourth-order valence-corrected chi connectivity index (χ4v) is 2.61. The van der Waals surface area contributed by atoms with Gasteiger partial charge in [0, 0.05) is 5.39 Å². The summed E-state index contributed by atoms with van der Waals surface area (Å²) in [6.07, 6.45) is 6.11. The highest BCUT2D eigenvalue weighted by atomic mass is 79.9. The van der Waals surface area contributed by atoms with Gasteiger partial charge in [0.25, 0.3) is 0 Å². The molecule has 1 aliphatic heterocycles. The van der Waals surface area contributed by atoms with E-state index in [-0.39, 0.29) is 0 Å². The molecule has 0 saturated carbocycles. The number of pyridine rings is 1. The molecule has 1 fully saturated rings. The molecule has 0 spiro atoms. The van der Waals surface area contributed by atoms with Crippen LogP contribution in [0.15, 0.2) is 23.1 Å². The zero-order chi connectivity index (χ0) is 11.0. The van der Waals surface area contributed by atoms with Crippen molar-refractivity contribution in [2.24, 2.45) is 0 Å². The van der Waals surface area contributed by atoms with E-state index in [1.54, 1.807) is 0 Å². The highest BCUT2D eigenvalue weighted by Gasteiger charge is 2.17. The number of nitrogens with zero attached hydrogens (tertiary/aromatic N) is 3. The maximum Gasteiger partial charge on any atom is 0.106 e. The quantitative estimate of drug-likeness (QED) is 0.814. The van der Waals surface area contributed by atoms with Crippen molar-refractivity contribution in [1.29, 1.82) is 0 Å². The molecular weight excluding hydrogens is 268 g/mol. The second-order valence-electron chi connectivity index (χ2n) is 4.14. The van der Waals surface area contributed by atoms with Gasteiger partial charge < -0.3 is 5.32 Å². The number of hydrogen-bond acceptors (Lipinski definition) is 3. The van der Waals surface area contributed by atoms with Gasteiger partial charge in [-0.2, -0.15) is 5.10 Å². The molecule has 1 aliphatic rings. The first-order valence-corrected chi connectivity index (χ1v) is 6.33. The molecule has 2 aromatic heterocycles. The van der Waals surface area contributed by atoms with Crippen molar-refractivity contribution in [3.63, 3.8) is 0 Å². The van der Waals surface area contributed by atoms with Gasteiger partial charge in [-0.15, -0.1) is 0 Å². The van der Waals surface area contributed by atoms with Gasteiger partial charge in [0.15, 0.2) is 0 Å². The smallest absolute Gasteiger partial charge is 0.106 e. The summed E-state index contributed by atoms with van der Waals surface area (Å²) in [5.41, 5.74) is 1.13. The average Bonchev–Trinajstić information content (AvgIpc) is 2.73. The van der Waals surface area contributed by atoms with Gasteiger partial charge in [0.2, 0.25) is 0 Å². The minimum absolute atomic E-state index is 0.515. The van der Waals surface area contributed by atoms with E-state index in [4.69, 9.17) is 0 Å². The minimum Gasteiger partial charge on any atom is -0.317 e. The van der Waals surface area contributed by atoms with Crippen molar-refractivity contribution >= 4 is 26.8 Å². The fourth-order valence-electron chi connectivity index (χ4n) is 2.26. The van der Waals surface area contributed by atoms with Crippen molar-refractivity contribution < 1.29 is 0 Å². The molecule has 0 atom stereocenters. The first-order valence-electron chi connectivity index (χ1n) is 5.54. The third kappa shape index (κ3) is 1.74. The highest BCUT2D eigenvalue weighted by Crippen LogP contribution is 2.24. The molecule has 0 aliphatic carbocycles. The molecule has 2 aromatic rings. The minimum atomic E-state index is 0.515. The van der Waals surface area contributed by atoms with E-state index in [2.05, 4.69) is 36.0 Å². The molecule has 0 unspecified atom stereocenters. The zero-order valence-corrected chi connectivity index (χ0v) is 10.4. The van der Waals surface area contributed by atoms with Gasteiger partial charge in [-0.05, 0) is 47.9 Å². The van der Waals surface area contributed by atoms with E-state index in [0.29, 0.717) is 6.04 Å². The molecule has 3 rings (SSSR count). The zero-order valence-electron chi connectivity index (χ0n) is 8.86. The van der Waals surface area contributed by atoms with Gasteiger partial charge in [-0.1, -0.05) is 0 Å². The molecule has 16 heavy (non-hydrogen) atoms. The summed E-state index contributed by atoms with van der Waals surface area (Å²) < 4.78 is 2.99. The average molecular weight is 281 g/mol. The van der Waals surface area contributed by atoms with Crippen LogP contribution in [0.4, 0.5) is 0 Å². The Morgan fingerprint density at radius 2 is 2.12 bits per heavy atom. The Hall–Kier alpha value is -0.940. The second kappa shape index (κ2) is 4.14. The summed E-state index contributed by atoms with van der Waals surface area (Å²) >= 11 is 3.38. The van der Waals surface area contributed by atoms with Crippen LogP contribution in [0.25, 0.3) is 10.9 Å². The topological polar surface area (TPSA) is 42.7 Å². The van der Waals surface area contributed by atoms with Crippen LogP contribution in [-0.4, -0.2) is 27.9 Å². The third-order valence-corrected chi connectivity index (χ3v) is 3.54. The van der Waals surface area contributed by atoms with Crippen molar-refractivity contribution in [3.05, 3.63) is 23.1 Å². The number of halogens is 1. The predicted molar refractivity (Wildman–Crippen MR) is 66.4 cm³/mol. The van der Waals surface area contributed by atoms with Gasteiger partial charge in [-0.25, -0.2) is 4.98 Å². The van der Waals surface area contributed by atoms with Crippen LogP contribution < -0.4 is 5.32 Å². The SMILES string of the molecule is Brc1cc2cnn(C3CCNCC3)c2cn1. The summed E-state index contributed by atoms with van der Waals surface area (Å²) in [4.78, 5) is 4.28. The number of rotatable bonds is 1. The second-order valence-corrected chi connectivity index (χ2v) is 4.95. The lowest BCUT2D eigenvalue weighted by Crippen LogP contribution is -2.29. The van der Waals surface area contributed by atoms with Gasteiger partial charge in [0.05, 0.1) is 24.0 Å². The fraction of sp³-hybridized carbons (Fsp3) is 0.455. The lowest BCUT2D eigenvalue weighted by molar-refractivity contribution is 0.351. The van der Waals surface area contributed by atoms with Crippen LogP contribution in [-0.2, 0) is 0 Å². The van der Waals surface area contributed by atoms with E-state index in [9.17, 15) is 0 Å². The number of fused-ring (bicyclic) bond motifs is 1. The van der Waals surface area contributed by atoms with Crippen molar-refractivity contribution in [1.82, 2.24) is 20.1 Å². The van der Waals surface area contributed by atoms with Crippen LogP contribution in [0.3, 0.4) is 0 Å². The molecule has 3 heterocycles. The summed E-state index contributed by atoms with van der Waals surface area (Å²) in [6.45, 7) is 2.16. The monoisotopic (exact) mass is 280 g/mol. The van der Waals surface area contributed by atoms with Crippen LogP contribution in [0.5, 0.6) is 0 Å². The van der Waals surface area contributed by atoms with E-state index in [1.165, 1.54) is 0 Å². The molecule has 0 amide bonds. The van der Waals surface area contributed by atoms with Crippen LogP contribution in [0, 0.1) is 0 Å². The summed E-state index contributed by atoms with van der Waals surface area (Å²) in [5.74, 6) is 0. The van der Waals surface area contributed by atoms with E-state index < -0.39 is 0 Å². The lowest BCUT2D eigenvalue weighted by Gasteiger charge is -2.23. The van der Waals surface area contributed by atoms with Crippen LogP contribution in [0.1, 0.15) is 18.9 Å². The van der Waals surface area contributed by atoms with Gasteiger partial charge >= 0.3 is 0 Å². The third-order valence-electron chi connectivity index (χ3n) is 3.10.